The van der Waals surface area contributed by atoms with Crippen molar-refractivity contribution < 1.29 is 19.4 Å². The van der Waals surface area contributed by atoms with Crippen LogP contribution in [-0.4, -0.2) is 36.4 Å². The number of aryl methyl sites for hydroxylation is 2. The number of carbonyl (C=O) groups excluding carboxylic acids is 2. The number of anilines is 1. The predicted molar refractivity (Wildman–Crippen MR) is 183 cm³/mol. The SMILES string of the molecule is Cc1cccn2c(C)c(C(O)=C3C(=O)C(=O)N(c4nnc(SCc5ccccc5)s4)C3c3ccc(OCc4ccccc4)cc3)nc12. The summed E-state index contributed by atoms with van der Waals surface area (Å²) in [6.45, 7) is 4.13. The van der Waals surface area contributed by atoms with Gasteiger partial charge in [0, 0.05) is 11.9 Å². The van der Waals surface area contributed by atoms with Crippen molar-refractivity contribution in [2.45, 2.75) is 36.6 Å². The standard InChI is InChI=1S/C36H29N5O4S2/c1-22-10-9-19-40-23(2)29(37-33(22)40)31(42)28-30(26-15-17-27(18-16-26)45-20-24-11-5-3-6-12-24)41(34(44)32(28)43)35-38-39-36(47-35)46-21-25-13-7-4-8-14-25/h3-19,30,42H,20-21H2,1-2H3. The van der Waals surface area contributed by atoms with Gasteiger partial charge < -0.3 is 14.2 Å². The molecule has 0 spiro atoms. The number of nitrogens with zero attached hydrogens (tertiary/aromatic N) is 5. The number of aromatic nitrogens is 4. The number of fused-ring (bicyclic) bond motifs is 1. The molecule has 0 aliphatic carbocycles. The number of amides is 1. The van der Waals surface area contributed by atoms with Crippen molar-refractivity contribution in [2.75, 3.05) is 4.90 Å². The topological polar surface area (TPSA) is 110 Å². The minimum absolute atomic E-state index is 0.0641. The van der Waals surface area contributed by atoms with Crippen LogP contribution in [0.2, 0.25) is 0 Å². The molecule has 3 aromatic carbocycles. The van der Waals surface area contributed by atoms with Crippen LogP contribution >= 0.6 is 23.1 Å². The average molecular weight is 660 g/mol. The lowest BCUT2D eigenvalue weighted by Crippen LogP contribution is -2.29. The van der Waals surface area contributed by atoms with Crippen LogP contribution in [0.5, 0.6) is 5.75 Å². The Hall–Kier alpha value is -5.26. The number of hydrogen-bond acceptors (Lipinski definition) is 9. The summed E-state index contributed by atoms with van der Waals surface area (Å²) in [7, 11) is 0. The maximum Gasteiger partial charge on any atom is 0.301 e. The van der Waals surface area contributed by atoms with E-state index in [4.69, 9.17) is 9.72 Å². The first-order valence-corrected chi connectivity index (χ1v) is 16.7. The summed E-state index contributed by atoms with van der Waals surface area (Å²) < 4.78 is 8.50. The second-order valence-corrected chi connectivity index (χ2v) is 13.2. The zero-order valence-corrected chi connectivity index (χ0v) is 27.2. The van der Waals surface area contributed by atoms with E-state index in [9.17, 15) is 14.7 Å². The third-order valence-corrected chi connectivity index (χ3v) is 10.1. The number of ether oxygens (including phenoxy) is 1. The van der Waals surface area contributed by atoms with Gasteiger partial charge in [0.05, 0.1) is 17.3 Å². The second-order valence-electron chi connectivity index (χ2n) is 11.1. The normalized spacial score (nSPS) is 15.9. The molecule has 6 aromatic rings. The summed E-state index contributed by atoms with van der Waals surface area (Å²) in [4.78, 5) is 33.6. The number of pyridine rings is 1. The molecule has 1 aliphatic heterocycles. The highest BCUT2D eigenvalue weighted by atomic mass is 32.2. The number of benzene rings is 3. The molecule has 1 amide bonds. The van der Waals surface area contributed by atoms with E-state index in [0.29, 0.717) is 39.4 Å². The Kier molecular flexibility index (Phi) is 8.32. The first-order valence-electron chi connectivity index (χ1n) is 14.9. The first kappa shape index (κ1) is 30.4. The maximum absolute atomic E-state index is 13.8. The van der Waals surface area contributed by atoms with Crippen LogP contribution in [0.3, 0.4) is 0 Å². The van der Waals surface area contributed by atoms with Crippen molar-refractivity contribution in [3.63, 3.8) is 0 Å². The van der Waals surface area contributed by atoms with Gasteiger partial charge >= 0.3 is 5.91 Å². The molecule has 1 atom stereocenters. The smallest absolute Gasteiger partial charge is 0.301 e. The van der Waals surface area contributed by atoms with Gasteiger partial charge in [-0.05, 0) is 54.3 Å². The summed E-state index contributed by atoms with van der Waals surface area (Å²) in [6, 6.07) is 29.8. The molecular formula is C36H29N5O4S2. The summed E-state index contributed by atoms with van der Waals surface area (Å²) in [5, 5.41) is 20.7. The van der Waals surface area contributed by atoms with Crippen LogP contribution in [0.1, 0.15) is 39.7 Å². The minimum atomic E-state index is -0.969. The van der Waals surface area contributed by atoms with E-state index in [0.717, 1.165) is 16.7 Å². The van der Waals surface area contributed by atoms with Crippen molar-refractivity contribution in [3.05, 3.63) is 142 Å². The number of Topliss-reactive ketones (excluding diaryl/α,β-unsaturated/α-hetero) is 1. The molecule has 1 N–H and O–H groups in total. The van der Waals surface area contributed by atoms with Crippen molar-refractivity contribution in [1.29, 1.82) is 0 Å². The third kappa shape index (κ3) is 5.91. The van der Waals surface area contributed by atoms with Gasteiger partial charge in [-0.1, -0.05) is 102 Å². The number of imidazole rings is 1. The molecule has 1 unspecified atom stereocenters. The molecule has 7 rings (SSSR count). The fourth-order valence-electron chi connectivity index (χ4n) is 5.58. The van der Waals surface area contributed by atoms with Crippen molar-refractivity contribution in [1.82, 2.24) is 19.6 Å². The number of thioether (sulfide) groups is 1. The Bertz CT molecular complexity index is 2130. The number of ketones is 1. The fraction of sp³-hybridized carbons (Fsp3) is 0.139. The summed E-state index contributed by atoms with van der Waals surface area (Å²) in [5.74, 6) is -0.664. The van der Waals surface area contributed by atoms with Gasteiger partial charge in [0.1, 0.15) is 23.7 Å². The predicted octanol–water partition coefficient (Wildman–Crippen LogP) is 7.30. The van der Waals surface area contributed by atoms with Gasteiger partial charge in [0.15, 0.2) is 10.1 Å². The van der Waals surface area contributed by atoms with E-state index in [1.54, 1.807) is 24.3 Å². The largest absolute Gasteiger partial charge is 0.505 e. The van der Waals surface area contributed by atoms with E-state index in [2.05, 4.69) is 10.2 Å². The zero-order chi connectivity index (χ0) is 32.5. The Morgan fingerprint density at radius 3 is 2.30 bits per heavy atom. The molecule has 47 heavy (non-hydrogen) atoms. The lowest BCUT2D eigenvalue weighted by atomic mass is 9.96. The molecule has 1 fully saturated rings. The lowest BCUT2D eigenvalue weighted by Gasteiger charge is -2.22. The van der Waals surface area contributed by atoms with E-state index in [1.165, 1.54) is 28.0 Å². The molecule has 9 nitrogen and oxygen atoms in total. The van der Waals surface area contributed by atoms with Crippen molar-refractivity contribution >= 4 is 51.3 Å². The van der Waals surface area contributed by atoms with Gasteiger partial charge in [-0.15, -0.1) is 10.2 Å². The first-order chi connectivity index (χ1) is 22.9. The van der Waals surface area contributed by atoms with Crippen LogP contribution in [0.4, 0.5) is 5.13 Å². The molecular weight excluding hydrogens is 631 g/mol. The number of carbonyl (C=O) groups is 2. The lowest BCUT2D eigenvalue weighted by molar-refractivity contribution is -0.132. The van der Waals surface area contributed by atoms with E-state index in [-0.39, 0.29) is 22.2 Å². The van der Waals surface area contributed by atoms with E-state index < -0.39 is 17.7 Å². The van der Waals surface area contributed by atoms with Gasteiger partial charge in [-0.3, -0.25) is 14.5 Å². The van der Waals surface area contributed by atoms with Crippen LogP contribution in [-0.2, 0) is 21.9 Å². The van der Waals surface area contributed by atoms with Gasteiger partial charge in [0.2, 0.25) is 5.13 Å². The highest BCUT2D eigenvalue weighted by Gasteiger charge is 2.49. The molecule has 4 heterocycles. The summed E-state index contributed by atoms with van der Waals surface area (Å²) in [5.41, 5.74) is 5.14. The van der Waals surface area contributed by atoms with E-state index >= 15 is 0 Å². The highest BCUT2D eigenvalue weighted by Crippen LogP contribution is 2.44. The van der Waals surface area contributed by atoms with Crippen LogP contribution in [0.25, 0.3) is 11.4 Å². The number of aliphatic hydroxyl groups excluding tert-OH is 1. The Morgan fingerprint density at radius 2 is 1.60 bits per heavy atom. The second kappa shape index (κ2) is 12.9. The van der Waals surface area contributed by atoms with Crippen LogP contribution < -0.4 is 9.64 Å². The molecule has 0 saturated carbocycles. The molecule has 11 heteroatoms. The Labute approximate surface area is 279 Å². The Morgan fingerprint density at radius 1 is 0.894 bits per heavy atom. The van der Waals surface area contributed by atoms with Gasteiger partial charge in [-0.25, -0.2) is 4.98 Å². The fourth-order valence-corrected chi connectivity index (χ4v) is 7.41. The van der Waals surface area contributed by atoms with Crippen molar-refractivity contribution in [2.24, 2.45) is 0 Å². The molecule has 1 aliphatic rings. The average Bonchev–Trinajstić information content (AvgIpc) is 3.78. The highest BCUT2D eigenvalue weighted by molar-refractivity contribution is 8.00. The minimum Gasteiger partial charge on any atom is -0.505 e. The monoisotopic (exact) mass is 659 g/mol. The van der Waals surface area contributed by atoms with E-state index in [1.807, 2.05) is 97.2 Å². The summed E-state index contributed by atoms with van der Waals surface area (Å²) in [6.07, 6.45) is 1.85. The number of hydrogen-bond donors (Lipinski definition) is 1. The zero-order valence-electron chi connectivity index (χ0n) is 25.5. The van der Waals surface area contributed by atoms with Crippen LogP contribution in [0, 0.1) is 13.8 Å². The third-order valence-electron chi connectivity index (χ3n) is 8.00. The molecule has 3 aromatic heterocycles. The van der Waals surface area contributed by atoms with Gasteiger partial charge in [-0.2, -0.15) is 0 Å². The molecule has 234 valence electrons. The molecule has 1 saturated heterocycles. The number of rotatable bonds is 9. The number of aliphatic hydroxyl groups is 1. The summed E-state index contributed by atoms with van der Waals surface area (Å²) >= 11 is 2.72. The van der Waals surface area contributed by atoms with Crippen molar-refractivity contribution in [3.8, 4) is 5.75 Å². The molecule has 0 bridgehead atoms. The van der Waals surface area contributed by atoms with Gasteiger partial charge in [0.25, 0.3) is 5.78 Å². The molecule has 0 radical (unpaired) electrons. The quantitative estimate of drug-likeness (QED) is 0.0566. The maximum atomic E-state index is 13.8. The Balaban J connectivity index is 1.27. The van der Waals surface area contributed by atoms with Crippen LogP contribution in [0.15, 0.2) is 113 Å².